The Hall–Kier alpha value is -6.08. The van der Waals surface area contributed by atoms with Crippen molar-refractivity contribution >= 4 is 73.5 Å². The first kappa shape index (κ1) is 39.7. The molecule has 53 heavy (non-hydrogen) atoms. The predicted octanol–water partition coefficient (Wildman–Crippen LogP) is 11.1. The zero-order chi connectivity index (χ0) is 38.3. The van der Waals surface area contributed by atoms with Gasteiger partial charge in [-0.25, -0.2) is 0 Å². The zero-order valence-electron chi connectivity index (χ0n) is 31.3. The molecule has 0 spiro atoms. The van der Waals surface area contributed by atoms with E-state index in [1.807, 2.05) is 103 Å². The molecular weight excluding hydrogens is 651 g/mol. The van der Waals surface area contributed by atoms with Gasteiger partial charge in [-0.05, 0) is 86.2 Å². The number of anilines is 7. The fraction of sp³-hybridized carbons (Fsp3) is 0.217. The molecule has 7 rings (SSSR count). The van der Waals surface area contributed by atoms with E-state index in [4.69, 9.17) is 34.4 Å². The molecule has 0 heterocycles. The van der Waals surface area contributed by atoms with Crippen LogP contribution in [0.2, 0.25) is 0 Å². The van der Waals surface area contributed by atoms with Crippen molar-refractivity contribution in [3.05, 3.63) is 139 Å². The van der Waals surface area contributed by atoms with Crippen molar-refractivity contribution in [1.29, 1.82) is 0 Å². The second-order valence-electron chi connectivity index (χ2n) is 13.5. The molecule has 1 aliphatic carbocycles. The van der Waals surface area contributed by atoms with E-state index in [0.29, 0.717) is 6.04 Å². The van der Waals surface area contributed by atoms with Crippen molar-refractivity contribution in [3.63, 3.8) is 0 Å². The number of benzene rings is 6. The molecule has 0 aromatic heterocycles. The van der Waals surface area contributed by atoms with Gasteiger partial charge in [-0.1, -0.05) is 112 Å². The Balaban J connectivity index is 0.000000159. The van der Waals surface area contributed by atoms with Gasteiger partial charge in [0.25, 0.3) is 0 Å². The molecule has 6 aromatic rings. The molecule has 0 radical (unpaired) electrons. The van der Waals surface area contributed by atoms with E-state index in [0.717, 1.165) is 84.8 Å². The number of hydrogen-bond donors (Lipinski definition) is 7. The third-order valence-electron chi connectivity index (χ3n) is 9.74. The summed E-state index contributed by atoms with van der Waals surface area (Å²) in [6.07, 6.45) is 11.6. The number of fused-ring (bicyclic) bond motifs is 2. The van der Waals surface area contributed by atoms with Crippen LogP contribution >= 0.6 is 0 Å². The number of nitrogen functional groups attached to an aromatic ring is 6. The summed E-state index contributed by atoms with van der Waals surface area (Å²) in [5.41, 5.74) is 43.9. The Kier molecular flexibility index (Phi) is 14.6. The molecule has 7 heteroatoms. The van der Waals surface area contributed by atoms with Gasteiger partial charge in [-0.2, -0.15) is 0 Å². The largest absolute Gasteiger partial charge is 0.399 e. The molecule has 1 atom stereocenters. The lowest BCUT2D eigenvalue weighted by Gasteiger charge is -2.21. The van der Waals surface area contributed by atoms with Crippen molar-refractivity contribution in [3.8, 4) is 0 Å². The summed E-state index contributed by atoms with van der Waals surface area (Å²) in [6.45, 7) is 11.9. The Morgan fingerprint density at radius 2 is 0.981 bits per heavy atom. The number of rotatable bonds is 6. The van der Waals surface area contributed by atoms with Gasteiger partial charge in [0.15, 0.2) is 0 Å². The van der Waals surface area contributed by atoms with E-state index in [9.17, 15) is 0 Å². The average Bonchev–Trinajstić information content (AvgIpc) is 3.20. The first-order valence-electron chi connectivity index (χ1n) is 18.4. The third kappa shape index (κ3) is 10.7. The van der Waals surface area contributed by atoms with E-state index < -0.39 is 0 Å². The molecule has 1 fully saturated rings. The highest BCUT2D eigenvalue weighted by atomic mass is 14.9. The summed E-state index contributed by atoms with van der Waals surface area (Å²) in [4.78, 5) is 0. The lowest BCUT2D eigenvalue weighted by atomic mass is 9.84. The van der Waals surface area contributed by atoms with Crippen molar-refractivity contribution in [1.82, 2.24) is 0 Å². The highest BCUT2D eigenvalue weighted by Gasteiger charge is 2.14. The average molecular weight is 708 g/mol. The van der Waals surface area contributed by atoms with Crippen molar-refractivity contribution in [2.24, 2.45) is 0 Å². The van der Waals surface area contributed by atoms with Crippen molar-refractivity contribution in [2.75, 3.05) is 39.7 Å². The molecule has 1 saturated carbocycles. The van der Waals surface area contributed by atoms with Gasteiger partial charge < -0.3 is 39.7 Å². The molecule has 0 aliphatic heterocycles. The van der Waals surface area contributed by atoms with E-state index in [2.05, 4.69) is 44.5 Å². The number of nitrogens with two attached hydrogens (primary N) is 6. The van der Waals surface area contributed by atoms with Crippen LogP contribution < -0.4 is 39.7 Å². The van der Waals surface area contributed by atoms with Gasteiger partial charge >= 0.3 is 0 Å². The molecule has 6 aromatic carbocycles. The second-order valence-corrected chi connectivity index (χ2v) is 13.5. The normalized spacial score (nSPS) is 12.9. The first-order valence-corrected chi connectivity index (χ1v) is 18.4. The van der Waals surface area contributed by atoms with Crippen LogP contribution in [-0.2, 0) is 0 Å². The molecule has 1 unspecified atom stereocenters. The van der Waals surface area contributed by atoms with E-state index >= 15 is 0 Å². The highest BCUT2D eigenvalue weighted by molar-refractivity contribution is 6.01. The zero-order valence-corrected chi connectivity index (χ0v) is 31.3. The van der Waals surface area contributed by atoms with Crippen LogP contribution in [0, 0.1) is 0 Å². The van der Waals surface area contributed by atoms with Crippen LogP contribution in [-0.4, -0.2) is 6.04 Å². The maximum absolute atomic E-state index is 5.89. The third-order valence-corrected chi connectivity index (χ3v) is 9.74. The van der Waals surface area contributed by atoms with Crippen LogP contribution in [0.1, 0.15) is 75.0 Å². The molecule has 0 amide bonds. The van der Waals surface area contributed by atoms with Crippen LogP contribution in [0.3, 0.4) is 0 Å². The van der Waals surface area contributed by atoms with Crippen molar-refractivity contribution in [2.45, 2.75) is 64.3 Å². The maximum atomic E-state index is 5.89. The standard InChI is InChI=1S/C14H20N2.C12H17N.2C10H10N2/c1-5-10(4)16-14-9-8-13(15)11(6-2)12(14)7-3;13-12-8-6-11(7-9-12)10-4-2-1-3-5-10;2*11-9-5-6-10(12)8-4-2-1-3-7(8)9/h6-10,16H,2-3,5,15H2,1,4H3;6-10H,1-5,13H2;2*1-6H,11-12H2. The molecule has 0 saturated heterocycles. The van der Waals surface area contributed by atoms with Gasteiger partial charge in [0.05, 0.1) is 0 Å². The monoisotopic (exact) mass is 707 g/mol. The van der Waals surface area contributed by atoms with Crippen LogP contribution in [0.15, 0.2) is 122 Å². The van der Waals surface area contributed by atoms with Gasteiger partial charge in [0.2, 0.25) is 0 Å². The Bertz CT molecular complexity index is 1930. The molecule has 1 aliphatic rings. The van der Waals surface area contributed by atoms with E-state index in [1.165, 1.54) is 37.7 Å². The summed E-state index contributed by atoms with van der Waals surface area (Å²) >= 11 is 0. The molecule has 13 N–H and O–H groups in total. The molecule has 276 valence electrons. The second kappa shape index (κ2) is 19.5. The van der Waals surface area contributed by atoms with Gasteiger partial charge in [-0.3, -0.25) is 0 Å². The van der Waals surface area contributed by atoms with Crippen LogP contribution in [0.25, 0.3) is 33.7 Å². The predicted molar refractivity (Wildman–Crippen MR) is 237 cm³/mol. The lowest BCUT2D eigenvalue weighted by Crippen LogP contribution is -2.14. The van der Waals surface area contributed by atoms with E-state index in [1.54, 1.807) is 6.08 Å². The first-order chi connectivity index (χ1) is 25.6. The minimum atomic E-state index is 0.431. The maximum Gasteiger partial charge on any atom is 0.0423 e. The Morgan fingerprint density at radius 3 is 1.38 bits per heavy atom. The quantitative estimate of drug-likeness (QED) is 0.0845. The fourth-order valence-electron chi connectivity index (χ4n) is 6.49. The summed E-state index contributed by atoms with van der Waals surface area (Å²) in [5, 5.41) is 7.54. The summed E-state index contributed by atoms with van der Waals surface area (Å²) in [6, 6.07) is 35.8. The minimum absolute atomic E-state index is 0.431. The van der Waals surface area contributed by atoms with Gasteiger partial charge in [0, 0.05) is 78.5 Å². The SMILES string of the molecule is C=Cc1c(N)ccc(NC(C)CC)c1C=C.Nc1ccc(C2CCCCC2)cc1.Nc1ccc(N)c2ccccc12.Nc1ccc(N)c2ccccc12. The van der Waals surface area contributed by atoms with Gasteiger partial charge in [0.1, 0.15) is 0 Å². The Labute approximate surface area is 315 Å². The fourth-order valence-corrected chi connectivity index (χ4v) is 6.49. The minimum Gasteiger partial charge on any atom is -0.399 e. The Morgan fingerprint density at radius 1 is 0.566 bits per heavy atom. The molecule has 0 bridgehead atoms. The topological polar surface area (TPSA) is 168 Å². The summed E-state index contributed by atoms with van der Waals surface area (Å²) in [7, 11) is 0. The number of nitrogens with one attached hydrogen (secondary N) is 1. The highest BCUT2D eigenvalue weighted by Crippen LogP contribution is 2.33. The van der Waals surface area contributed by atoms with Crippen LogP contribution in [0.4, 0.5) is 39.8 Å². The molecular formula is C46H57N7. The summed E-state index contributed by atoms with van der Waals surface area (Å²) < 4.78 is 0. The smallest absolute Gasteiger partial charge is 0.0423 e. The summed E-state index contributed by atoms with van der Waals surface area (Å²) in [5.74, 6) is 0.800. The van der Waals surface area contributed by atoms with Gasteiger partial charge in [-0.15, -0.1) is 0 Å². The van der Waals surface area contributed by atoms with Crippen LogP contribution in [0.5, 0.6) is 0 Å². The van der Waals surface area contributed by atoms with E-state index in [-0.39, 0.29) is 0 Å². The van der Waals surface area contributed by atoms with Crippen molar-refractivity contribution < 1.29 is 0 Å². The molecule has 7 nitrogen and oxygen atoms in total. The number of hydrogen-bond acceptors (Lipinski definition) is 7. The lowest BCUT2D eigenvalue weighted by molar-refractivity contribution is 0.443.